The van der Waals surface area contributed by atoms with Gasteiger partial charge in [0.1, 0.15) is 15.7 Å². The Morgan fingerprint density at radius 3 is 2.50 bits per heavy atom. The second-order valence-electron chi connectivity index (χ2n) is 6.10. The van der Waals surface area contributed by atoms with Gasteiger partial charge in [0.15, 0.2) is 0 Å². The predicted octanol–water partition coefficient (Wildman–Crippen LogP) is 5.06. The van der Waals surface area contributed by atoms with Crippen LogP contribution in [0, 0.1) is 5.82 Å². The fourth-order valence-electron chi connectivity index (χ4n) is 2.57. The van der Waals surface area contributed by atoms with Crippen molar-refractivity contribution in [3.63, 3.8) is 0 Å². The topological polar surface area (TPSA) is 88.2 Å². The monoisotopic (exact) mass is 459 g/mol. The van der Waals surface area contributed by atoms with Crippen LogP contribution < -0.4 is 10.0 Å². The summed E-state index contributed by atoms with van der Waals surface area (Å²) in [6, 6.07) is 14.7. The molecule has 0 saturated carbocycles. The first-order valence-corrected chi connectivity index (χ1v) is 11.8. The Morgan fingerprint density at radius 1 is 1.00 bits per heavy atom. The first-order valence-electron chi connectivity index (χ1n) is 8.60. The summed E-state index contributed by atoms with van der Waals surface area (Å²) in [5, 5.41) is 5.43. The van der Waals surface area contributed by atoms with E-state index in [0.29, 0.717) is 10.6 Å². The molecular formula is C20H14FN3O3S3. The number of anilines is 2. The summed E-state index contributed by atoms with van der Waals surface area (Å²) in [6.07, 6.45) is 1.51. The maximum Gasteiger partial charge on any atom is 0.267 e. The molecule has 10 heteroatoms. The van der Waals surface area contributed by atoms with Gasteiger partial charge in [0.25, 0.3) is 15.9 Å². The quantitative estimate of drug-likeness (QED) is 0.422. The molecule has 0 aliphatic rings. The van der Waals surface area contributed by atoms with Crippen LogP contribution in [0.5, 0.6) is 0 Å². The van der Waals surface area contributed by atoms with Gasteiger partial charge >= 0.3 is 0 Å². The van der Waals surface area contributed by atoms with E-state index in [0.717, 1.165) is 16.0 Å². The zero-order chi connectivity index (χ0) is 21.1. The maximum atomic E-state index is 13.3. The molecule has 0 spiro atoms. The van der Waals surface area contributed by atoms with Crippen molar-refractivity contribution in [1.82, 2.24) is 4.98 Å². The highest BCUT2D eigenvalue weighted by Gasteiger charge is 2.16. The smallest absolute Gasteiger partial charge is 0.267 e. The molecule has 0 unspecified atom stereocenters. The second kappa shape index (κ2) is 8.34. The van der Waals surface area contributed by atoms with E-state index in [9.17, 15) is 17.6 Å². The summed E-state index contributed by atoms with van der Waals surface area (Å²) in [5.74, 6) is -0.873. The molecule has 152 valence electrons. The summed E-state index contributed by atoms with van der Waals surface area (Å²) in [7, 11) is -3.89. The van der Waals surface area contributed by atoms with E-state index >= 15 is 0 Å². The largest absolute Gasteiger partial charge is 0.321 e. The van der Waals surface area contributed by atoms with Crippen molar-refractivity contribution < 1.29 is 17.6 Å². The van der Waals surface area contributed by atoms with Crippen LogP contribution in [-0.4, -0.2) is 19.3 Å². The van der Waals surface area contributed by atoms with Crippen molar-refractivity contribution in [2.75, 3.05) is 10.0 Å². The van der Waals surface area contributed by atoms with Crippen LogP contribution in [0.3, 0.4) is 0 Å². The Morgan fingerprint density at radius 2 is 1.80 bits per heavy atom. The number of hydrogen-bond donors (Lipinski definition) is 2. The molecule has 0 bridgehead atoms. The third kappa shape index (κ3) is 4.56. The molecule has 2 aromatic heterocycles. The maximum absolute atomic E-state index is 13.3. The zero-order valence-electron chi connectivity index (χ0n) is 15.2. The van der Waals surface area contributed by atoms with E-state index in [1.807, 2.05) is 17.5 Å². The zero-order valence-corrected chi connectivity index (χ0v) is 17.7. The molecule has 2 N–H and O–H groups in total. The van der Waals surface area contributed by atoms with Crippen molar-refractivity contribution in [2.24, 2.45) is 0 Å². The number of hydrogen-bond acceptors (Lipinski definition) is 6. The molecule has 0 aliphatic carbocycles. The van der Waals surface area contributed by atoms with Gasteiger partial charge in [-0.3, -0.25) is 9.52 Å². The lowest BCUT2D eigenvalue weighted by atomic mass is 10.3. The summed E-state index contributed by atoms with van der Waals surface area (Å²) in [6.45, 7) is 0. The molecule has 1 amide bonds. The van der Waals surface area contributed by atoms with Gasteiger partial charge in [0, 0.05) is 5.69 Å². The number of thiazole rings is 1. The Balaban J connectivity index is 1.45. The van der Waals surface area contributed by atoms with Gasteiger partial charge < -0.3 is 5.32 Å². The minimum Gasteiger partial charge on any atom is -0.321 e. The SMILES string of the molecule is O=C(Nc1ccc(S(=O)(=O)Nc2cccc(F)c2)cc1)c1cnc(-c2cccs2)s1. The lowest BCUT2D eigenvalue weighted by Crippen LogP contribution is -2.14. The van der Waals surface area contributed by atoms with E-state index in [1.165, 1.54) is 60.0 Å². The number of rotatable bonds is 6. The normalized spacial score (nSPS) is 11.2. The lowest BCUT2D eigenvalue weighted by molar-refractivity contribution is 0.103. The number of nitrogens with zero attached hydrogens (tertiary/aromatic N) is 1. The molecule has 0 aliphatic heterocycles. The fraction of sp³-hybridized carbons (Fsp3) is 0. The molecule has 0 atom stereocenters. The molecule has 2 aromatic carbocycles. The molecule has 0 radical (unpaired) electrons. The van der Waals surface area contributed by atoms with Crippen LogP contribution in [0.4, 0.5) is 15.8 Å². The summed E-state index contributed by atoms with van der Waals surface area (Å²) in [4.78, 5) is 18.1. The Hall–Kier alpha value is -3.08. The Labute approximate surface area is 180 Å². The lowest BCUT2D eigenvalue weighted by Gasteiger charge is -2.09. The minimum absolute atomic E-state index is 0.0115. The minimum atomic E-state index is -3.89. The van der Waals surface area contributed by atoms with Gasteiger partial charge in [-0.25, -0.2) is 17.8 Å². The third-order valence-corrected chi connectivity index (χ3v) is 7.39. The van der Waals surface area contributed by atoms with Crippen LogP contribution in [0.15, 0.2) is 77.1 Å². The van der Waals surface area contributed by atoms with Crippen LogP contribution in [0.1, 0.15) is 9.67 Å². The number of halogens is 1. The van der Waals surface area contributed by atoms with E-state index in [-0.39, 0.29) is 16.5 Å². The Kier molecular flexibility index (Phi) is 5.62. The van der Waals surface area contributed by atoms with E-state index in [4.69, 9.17) is 0 Å². The van der Waals surface area contributed by atoms with Crippen LogP contribution in [0.2, 0.25) is 0 Å². The highest BCUT2D eigenvalue weighted by molar-refractivity contribution is 7.92. The van der Waals surface area contributed by atoms with Gasteiger partial charge in [-0.1, -0.05) is 12.1 Å². The average molecular weight is 460 g/mol. The summed E-state index contributed by atoms with van der Waals surface area (Å²) in [5.41, 5.74) is 0.565. The number of nitrogens with one attached hydrogen (secondary N) is 2. The third-order valence-electron chi connectivity index (χ3n) is 3.96. The molecule has 4 rings (SSSR count). The van der Waals surface area contributed by atoms with E-state index in [2.05, 4.69) is 15.0 Å². The molecular weight excluding hydrogens is 445 g/mol. The molecule has 6 nitrogen and oxygen atoms in total. The average Bonchev–Trinajstić information content (AvgIpc) is 3.40. The van der Waals surface area contributed by atoms with Crippen molar-refractivity contribution in [3.05, 3.63) is 82.9 Å². The van der Waals surface area contributed by atoms with Gasteiger partial charge in [-0.05, 0) is 53.9 Å². The summed E-state index contributed by atoms with van der Waals surface area (Å²) >= 11 is 2.82. The predicted molar refractivity (Wildman–Crippen MR) is 117 cm³/mol. The van der Waals surface area contributed by atoms with Gasteiger partial charge in [0.05, 0.1) is 21.7 Å². The number of aromatic nitrogens is 1. The molecule has 2 heterocycles. The second-order valence-corrected chi connectivity index (χ2v) is 9.76. The molecule has 4 aromatic rings. The standard InChI is InChI=1S/C20H14FN3O3S3/c21-13-3-1-4-15(11-13)24-30(26,27)16-8-6-14(7-9-16)23-19(25)18-12-22-20(29-18)17-5-2-10-28-17/h1-12,24H,(H,23,25). The summed E-state index contributed by atoms with van der Waals surface area (Å²) < 4.78 is 40.5. The first-order chi connectivity index (χ1) is 14.4. The highest BCUT2D eigenvalue weighted by atomic mass is 32.2. The van der Waals surface area contributed by atoms with Crippen LogP contribution >= 0.6 is 22.7 Å². The van der Waals surface area contributed by atoms with Crippen LogP contribution in [-0.2, 0) is 10.0 Å². The number of benzene rings is 2. The van der Waals surface area contributed by atoms with Gasteiger partial charge in [0.2, 0.25) is 0 Å². The number of carbonyl (C=O) groups is 1. The Bertz CT molecular complexity index is 1280. The first kappa shape index (κ1) is 20.2. The van der Waals surface area contributed by atoms with Crippen LogP contribution in [0.25, 0.3) is 9.88 Å². The number of thiophene rings is 1. The van der Waals surface area contributed by atoms with Crippen molar-refractivity contribution in [1.29, 1.82) is 0 Å². The van der Waals surface area contributed by atoms with Gasteiger partial charge in [-0.2, -0.15) is 0 Å². The number of carbonyl (C=O) groups excluding carboxylic acids is 1. The van der Waals surface area contributed by atoms with E-state index < -0.39 is 15.8 Å². The van der Waals surface area contributed by atoms with Crippen molar-refractivity contribution in [2.45, 2.75) is 4.90 Å². The molecule has 0 saturated heterocycles. The van der Waals surface area contributed by atoms with Gasteiger partial charge in [-0.15, -0.1) is 22.7 Å². The van der Waals surface area contributed by atoms with Crippen molar-refractivity contribution >= 4 is 50.0 Å². The molecule has 0 fully saturated rings. The van der Waals surface area contributed by atoms with E-state index in [1.54, 1.807) is 11.3 Å². The highest BCUT2D eigenvalue weighted by Crippen LogP contribution is 2.29. The number of sulfonamides is 1. The number of amides is 1. The molecule has 30 heavy (non-hydrogen) atoms. The van der Waals surface area contributed by atoms with Crippen molar-refractivity contribution in [3.8, 4) is 9.88 Å². The fourth-order valence-corrected chi connectivity index (χ4v) is 5.23.